The Bertz CT molecular complexity index is 483. The van der Waals surface area contributed by atoms with E-state index in [9.17, 15) is 4.39 Å². The Hall–Kier alpha value is -0.0200. The molecule has 0 amide bonds. The van der Waals surface area contributed by atoms with Gasteiger partial charge in [0.15, 0.2) is 5.96 Å². The lowest BCUT2D eigenvalue weighted by Gasteiger charge is -2.23. The topological polar surface area (TPSA) is 36.4 Å². The van der Waals surface area contributed by atoms with Crippen molar-refractivity contribution in [2.24, 2.45) is 4.99 Å². The Kier molecular flexibility index (Phi) is 9.88. The van der Waals surface area contributed by atoms with Crippen LogP contribution in [0.5, 0.6) is 0 Å². The number of benzene rings is 1. The van der Waals surface area contributed by atoms with E-state index in [2.05, 4.69) is 51.7 Å². The van der Waals surface area contributed by atoms with Crippen LogP contribution in [0.2, 0.25) is 0 Å². The smallest absolute Gasteiger partial charge is 0.191 e. The van der Waals surface area contributed by atoms with Crippen LogP contribution in [0.1, 0.15) is 19.4 Å². The summed E-state index contributed by atoms with van der Waals surface area (Å²) in [5.41, 5.74) is 0.603. The molecule has 0 atom stereocenters. The van der Waals surface area contributed by atoms with Gasteiger partial charge in [0, 0.05) is 34.9 Å². The predicted octanol–water partition coefficient (Wildman–Crippen LogP) is 4.01. The summed E-state index contributed by atoms with van der Waals surface area (Å²) in [7, 11) is 1.71. The monoisotopic (exact) mass is 489 g/mol. The van der Waals surface area contributed by atoms with Crippen LogP contribution in [-0.4, -0.2) is 30.6 Å². The number of guanidine groups is 1. The molecule has 0 radical (unpaired) electrons. The van der Waals surface area contributed by atoms with Crippen molar-refractivity contribution in [1.29, 1.82) is 0 Å². The van der Waals surface area contributed by atoms with Crippen LogP contribution < -0.4 is 10.6 Å². The van der Waals surface area contributed by atoms with E-state index in [0.29, 0.717) is 18.1 Å². The molecular weight excluding hydrogens is 468 g/mol. The predicted molar refractivity (Wildman–Crippen MR) is 105 cm³/mol. The molecule has 120 valence electrons. The molecular formula is C14H22BrFIN3S. The molecule has 0 aliphatic carbocycles. The van der Waals surface area contributed by atoms with Gasteiger partial charge in [-0.3, -0.25) is 4.99 Å². The molecule has 0 unspecified atom stereocenters. The van der Waals surface area contributed by atoms with E-state index in [4.69, 9.17) is 0 Å². The fourth-order valence-electron chi connectivity index (χ4n) is 1.45. The average molecular weight is 490 g/mol. The number of halogens is 3. The summed E-state index contributed by atoms with van der Waals surface area (Å²) in [6, 6.07) is 4.91. The molecule has 0 heterocycles. The number of rotatable bonds is 5. The van der Waals surface area contributed by atoms with Gasteiger partial charge in [0.25, 0.3) is 0 Å². The maximum Gasteiger partial charge on any atom is 0.191 e. The van der Waals surface area contributed by atoms with Crippen LogP contribution >= 0.6 is 51.7 Å². The lowest BCUT2D eigenvalue weighted by atomic mass is 10.2. The standard InChI is InChI=1S/C14H21BrFN3S.HI/c1-14(2,20-4)9-19-13(17-3)18-8-10-7-11(15)5-6-12(10)16;/h5-7H,8-9H2,1-4H3,(H2,17,18,19);1H. The second kappa shape index (κ2) is 9.89. The molecule has 0 bridgehead atoms. The zero-order chi connectivity index (χ0) is 15.2. The third-order valence-electron chi connectivity index (χ3n) is 2.91. The Labute approximate surface area is 156 Å². The lowest BCUT2D eigenvalue weighted by molar-refractivity contribution is 0.602. The minimum atomic E-state index is -0.222. The van der Waals surface area contributed by atoms with Crippen LogP contribution in [0.3, 0.4) is 0 Å². The molecule has 0 aliphatic rings. The average Bonchev–Trinajstić information content (AvgIpc) is 2.42. The van der Waals surface area contributed by atoms with Crippen LogP contribution in [0, 0.1) is 5.82 Å². The minimum absolute atomic E-state index is 0. The number of thioether (sulfide) groups is 1. The van der Waals surface area contributed by atoms with Crippen molar-refractivity contribution in [2.75, 3.05) is 19.8 Å². The normalized spacial score (nSPS) is 11.8. The molecule has 1 aromatic rings. The number of aliphatic imine (C=N–C) groups is 1. The van der Waals surface area contributed by atoms with Crippen molar-refractivity contribution in [1.82, 2.24) is 10.6 Å². The number of nitrogens with one attached hydrogen (secondary N) is 2. The fourth-order valence-corrected chi connectivity index (χ4v) is 2.07. The van der Waals surface area contributed by atoms with Gasteiger partial charge in [-0.15, -0.1) is 24.0 Å². The summed E-state index contributed by atoms with van der Waals surface area (Å²) in [6.07, 6.45) is 2.08. The molecule has 7 heteroatoms. The Balaban J connectivity index is 0.00000400. The second-order valence-corrected chi connectivity index (χ2v) is 7.41. The van der Waals surface area contributed by atoms with Crippen LogP contribution in [-0.2, 0) is 6.54 Å². The number of hydrogen-bond acceptors (Lipinski definition) is 2. The van der Waals surface area contributed by atoms with Crippen LogP contribution in [0.15, 0.2) is 27.7 Å². The Morgan fingerprint density at radius 3 is 2.62 bits per heavy atom. The third-order valence-corrected chi connectivity index (χ3v) is 4.65. The van der Waals surface area contributed by atoms with Gasteiger partial charge in [-0.1, -0.05) is 15.9 Å². The number of hydrogen-bond donors (Lipinski definition) is 2. The summed E-state index contributed by atoms with van der Waals surface area (Å²) in [5.74, 6) is 0.451. The van der Waals surface area contributed by atoms with Gasteiger partial charge in [-0.25, -0.2) is 4.39 Å². The van der Waals surface area contributed by atoms with Gasteiger partial charge < -0.3 is 10.6 Å². The fraction of sp³-hybridized carbons (Fsp3) is 0.500. The lowest BCUT2D eigenvalue weighted by Crippen LogP contribution is -2.43. The van der Waals surface area contributed by atoms with Gasteiger partial charge >= 0.3 is 0 Å². The first kappa shape index (κ1) is 21.0. The molecule has 3 nitrogen and oxygen atoms in total. The summed E-state index contributed by atoms with van der Waals surface area (Å²) in [4.78, 5) is 4.14. The highest BCUT2D eigenvalue weighted by Gasteiger charge is 2.16. The largest absolute Gasteiger partial charge is 0.355 e. The van der Waals surface area contributed by atoms with E-state index in [-0.39, 0.29) is 34.5 Å². The summed E-state index contributed by atoms with van der Waals surface area (Å²) in [5, 5.41) is 6.37. The van der Waals surface area contributed by atoms with Crippen LogP contribution in [0.4, 0.5) is 4.39 Å². The van der Waals surface area contributed by atoms with Gasteiger partial charge in [-0.05, 0) is 38.3 Å². The van der Waals surface area contributed by atoms with Gasteiger partial charge in [0.1, 0.15) is 5.82 Å². The zero-order valence-corrected chi connectivity index (χ0v) is 17.4. The summed E-state index contributed by atoms with van der Waals surface area (Å²) >= 11 is 5.13. The van der Waals surface area contributed by atoms with Crippen molar-refractivity contribution < 1.29 is 4.39 Å². The molecule has 0 saturated carbocycles. The third kappa shape index (κ3) is 7.69. The minimum Gasteiger partial charge on any atom is -0.355 e. The van der Waals surface area contributed by atoms with Crippen molar-refractivity contribution in [3.05, 3.63) is 34.1 Å². The van der Waals surface area contributed by atoms with E-state index in [1.807, 2.05) is 0 Å². The van der Waals surface area contributed by atoms with E-state index >= 15 is 0 Å². The van der Waals surface area contributed by atoms with E-state index < -0.39 is 0 Å². The first-order valence-electron chi connectivity index (χ1n) is 6.31. The van der Waals surface area contributed by atoms with Crippen molar-refractivity contribution in [3.63, 3.8) is 0 Å². The SMILES string of the molecule is CN=C(NCc1cc(Br)ccc1F)NCC(C)(C)SC.I. The maximum atomic E-state index is 13.6. The Morgan fingerprint density at radius 1 is 1.38 bits per heavy atom. The molecule has 21 heavy (non-hydrogen) atoms. The first-order chi connectivity index (χ1) is 9.38. The zero-order valence-electron chi connectivity index (χ0n) is 12.7. The van der Waals surface area contributed by atoms with Crippen molar-refractivity contribution >= 4 is 57.6 Å². The molecule has 1 aromatic carbocycles. The molecule has 0 aromatic heterocycles. The highest BCUT2D eigenvalue weighted by atomic mass is 127. The first-order valence-corrected chi connectivity index (χ1v) is 8.33. The molecule has 0 fully saturated rings. The van der Waals surface area contributed by atoms with Crippen LogP contribution in [0.25, 0.3) is 0 Å². The van der Waals surface area contributed by atoms with E-state index in [1.54, 1.807) is 30.9 Å². The molecule has 2 N–H and O–H groups in total. The van der Waals surface area contributed by atoms with Crippen molar-refractivity contribution in [2.45, 2.75) is 25.1 Å². The molecule has 0 aliphatic heterocycles. The van der Waals surface area contributed by atoms with Crippen molar-refractivity contribution in [3.8, 4) is 0 Å². The maximum absolute atomic E-state index is 13.6. The van der Waals surface area contributed by atoms with Gasteiger partial charge in [-0.2, -0.15) is 11.8 Å². The summed E-state index contributed by atoms with van der Waals surface area (Å²) in [6.45, 7) is 5.50. The van der Waals surface area contributed by atoms with E-state index in [1.165, 1.54) is 6.07 Å². The second-order valence-electron chi connectivity index (χ2n) is 4.98. The highest BCUT2D eigenvalue weighted by Crippen LogP contribution is 2.19. The van der Waals surface area contributed by atoms with Gasteiger partial charge in [0.05, 0.1) is 0 Å². The Morgan fingerprint density at radius 2 is 2.05 bits per heavy atom. The van der Waals surface area contributed by atoms with Gasteiger partial charge in [0.2, 0.25) is 0 Å². The number of nitrogens with zero attached hydrogens (tertiary/aromatic N) is 1. The highest BCUT2D eigenvalue weighted by molar-refractivity contribution is 14.0. The molecule has 0 saturated heterocycles. The quantitative estimate of drug-likeness (QED) is 0.372. The molecule has 0 spiro atoms. The molecule has 1 rings (SSSR count). The van der Waals surface area contributed by atoms with E-state index in [0.717, 1.165) is 11.0 Å². The summed E-state index contributed by atoms with van der Waals surface area (Å²) < 4.78 is 14.6.